The van der Waals surface area contributed by atoms with E-state index in [1.165, 1.54) is 5.56 Å². The zero-order valence-electron chi connectivity index (χ0n) is 8.70. The van der Waals surface area contributed by atoms with E-state index in [0.717, 1.165) is 30.4 Å². The molecule has 1 aliphatic rings. The summed E-state index contributed by atoms with van der Waals surface area (Å²) in [6.07, 6.45) is 2.95. The molecule has 1 amide bonds. The molecular formula is C12H16N2O. The molecule has 0 spiro atoms. The van der Waals surface area contributed by atoms with E-state index in [1.807, 2.05) is 12.1 Å². The van der Waals surface area contributed by atoms with E-state index in [0.29, 0.717) is 6.54 Å². The summed E-state index contributed by atoms with van der Waals surface area (Å²) in [5.41, 5.74) is 14.4. The monoisotopic (exact) mass is 204 g/mol. The molecule has 15 heavy (non-hydrogen) atoms. The second-order valence-corrected chi connectivity index (χ2v) is 4.08. The van der Waals surface area contributed by atoms with Crippen LogP contribution >= 0.6 is 0 Å². The fraction of sp³-hybridized carbons (Fsp3) is 0.417. The van der Waals surface area contributed by atoms with Crippen molar-refractivity contribution in [3.63, 3.8) is 0 Å². The number of carbonyl (C=O) groups is 1. The first-order valence-corrected chi connectivity index (χ1v) is 5.33. The summed E-state index contributed by atoms with van der Waals surface area (Å²) in [6, 6.07) is 6.09. The zero-order chi connectivity index (χ0) is 10.8. The molecule has 0 bridgehead atoms. The molecule has 0 heterocycles. The summed E-state index contributed by atoms with van der Waals surface area (Å²) < 4.78 is 0. The highest BCUT2D eigenvalue weighted by molar-refractivity contribution is 5.82. The van der Waals surface area contributed by atoms with Gasteiger partial charge in [0.1, 0.15) is 0 Å². The van der Waals surface area contributed by atoms with Gasteiger partial charge < -0.3 is 11.5 Å². The van der Waals surface area contributed by atoms with Gasteiger partial charge in [-0.2, -0.15) is 0 Å². The van der Waals surface area contributed by atoms with E-state index in [2.05, 4.69) is 6.07 Å². The van der Waals surface area contributed by atoms with E-state index in [9.17, 15) is 4.79 Å². The summed E-state index contributed by atoms with van der Waals surface area (Å²) in [7, 11) is 0. The number of primary amides is 1. The molecule has 0 saturated heterocycles. The average molecular weight is 204 g/mol. The van der Waals surface area contributed by atoms with Gasteiger partial charge in [0, 0.05) is 6.54 Å². The van der Waals surface area contributed by atoms with Crippen LogP contribution in [0.4, 0.5) is 0 Å². The Balaban J connectivity index is 2.40. The lowest BCUT2D eigenvalue weighted by molar-refractivity contribution is -0.119. The lowest BCUT2D eigenvalue weighted by atomic mass is 9.82. The molecule has 0 aliphatic heterocycles. The number of carbonyl (C=O) groups excluding carboxylic acids is 1. The number of nitrogens with two attached hydrogens (primary N) is 2. The topological polar surface area (TPSA) is 69.1 Å². The average Bonchev–Trinajstić information content (AvgIpc) is 2.27. The number of aryl methyl sites for hydroxylation is 1. The molecule has 1 aromatic rings. The van der Waals surface area contributed by atoms with E-state index in [4.69, 9.17) is 11.5 Å². The van der Waals surface area contributed by atoms with Crippen molar-refractivity contribution in [3.8, 4) is 0 Å². The number of rotatable bonds is 2. The Hall–Kier alpha value is -1.35. The molecule has 0 aromatic heterocycles. The first-order valence-electron chi connectivity index (χ1n) is 5.33. The number of hydrogen-bond acceptors (Lipinski definition) is 2. The summed E-state index contributed by atoms with van der Waals surface area (Å²) in [5, 5.41) is 0. The van der Waals surface area contributed by atoms with Crippen LogP contribution in [0, 0.1) is 0 Å². The highest BCUT2D eigenvalue weighted by Gasteiger charge is 2.24. The Morgan fingerprint density at radius 1 is 1.47 bits per heavy atom. The van der Waals surface area contributed by atoms with Crippen LogP contribution in [0.15, 0.2) is 18.2 Å². The number of amides is 1. The third-order valence-corrected chi connectivity index (χ3v) is 3.10. The first kappa shape index (κ1) is 10.2. The molecule has 1 atom stereocenters. The van der Waals surface area contributed by atoms with Crippen molar-refractivity contribution in [2.24, 2.45) is 11.5 Å². The van der Waals surface area contributed by atoms with Crippen LogP contribution in [0.25, 0.3) is 0 Å². The first-order chi connectivity index (χ1) is 7.22. The summed E-state index contributed by atoms with van der Waals surface area (Å²) in [6.45, 7) is 0.550. The Bertz CT molecular complexity index is 387. The van der Waals surface area contributed by atoms with Crippen molar-refractivity contribution >= 4 is 5.91 Å². The SMILES string of the molecule is NCc1ccc2c(c1)CCCC2C(N)=O. The minimum atomic E-state index is -0.212. The van der Waals surface area contributed by atoms with Gasteiger partial charge in [-0.3, -0.25) is 4.79 Å². The van der Waals surface area contributed by atoms with Crippen LogP contribution in [0.2, 0.25) is 0 Å². The molecule has 3 nitrogen and oxygen atoms in total. The predicted octanol–water partition coefficient (Wildman–Crippen LogP) is 1.05. The van der Waals surface area contributed by atoms with Crippen molar-refractivity contribution < 1.29 is 4.79 Å². The fourth-order valence-electron chi connectivity index (χ4n) is 2.29. The lowest BCUT2D eigenvalue weighted by Gasteiger charge is -2.23. The molecule has 3 heteroatoms. The maximum Gasteiger partial charge on any atom is 0.224 e. The number of benzene rings is 1. The van der Waals surface area contributed by atoms with Crippen molar-refractivity contribution in [2.45, 2.75) is 31.7 Å². The van der Waals surface area contributed by atoms with Gasteiger partial charge in [0.2, 0.25) is 5.91 Å². The molecule has 2 rings (SSSR count). The van der Waals surface area contributed by atoms with E-state index >= 15 is 0 Å². The van der Waals surface area contributed by atoms with Gasteiger partial charge in [-0.25, -0.2) is 0 Å². The molecule has 0 fully saturated rings. The van der Waals surface area contributed by atoms with E-state index < -0.39 is 0 Å². The van der Waals surface area contributed by atoms with Gasteiger partial charge >= 0.3 is 0 Å². The van der Waals surface area contributed by atoms with E-state index in [1.54, 1.807) is 0 Å². The van der Waals surface area contributed by atoms with Crippen molar-refractivity contribution in [1.29, 1.82) is 0 Å². The van der Waals surface area contributed by atoms with Crippen LogP contribution in [0.5, 0.6) is 0 Å². The maximum atomic E-state index is 11.3. The quantitative estimate of drug-likeness (QED) is 0.756. The number of hydrogen-bond donors (Lipinski definition) is 2. The minimum Gasteiger partial charge on any atom is -0.369 e. The highest BCUT2D eigenvalue weighted by atomic mass is 16.1. The van der Waals surface area contributed by atoms with Crippen LogP contribution in [0.1, 0.15) is 35.4 Å². The lowest BCUT2D eigenvalue weighted by Crippen LogP contribution is -2.25. The van der Waals surface area contributed by atoms with Crippen LogP contribution < -0.4 is 11.5 Å². The molecule has 0 radical (unpaired) electrons. The Morgan fingerprint density at radius 2 is 2.27 bits per heavy atom. The van der Waals surface area contributed by atoms with Gasteiger partial charge in [0.15, 0.2) is 0 Å². The third kappa shape index (κ3) is 1.88. The number of fused-ring (bicyclic) bond motifs is 1. The van der Waals surface area contributed by atoms with Gasteiger partial charge in [0.05, 0.1) is 5.92 Å². The molecule has 1 aliphatic carbocycles. The second kappa shape index (κ2) is 4.03. The van der Waals surface area contributed by atoms with Gasteiger partial charge in [-0.05, 0) is 36.0 Å². The van der Waals surface area contributed by atoms with Crippen LogP contribution in [-0.4, -0.2) is 5.91 Å². The summed E-state index contributed by atoms with van der Waals surface area (Å²) in [5.74, 6) is -0.308. The molecule has 0 saturated carbocycles. The smallest absolute Gasteiger partial charge is 0.224 e. The van der Waals surface area contributed by atoms with Crippen molar-refractivity contribution in [2.75, 3.05) is 0 Å². The summed E-state index contributed by atoms with van der Waals surface area (Å²) in [4.78, 5) is 11.3. The highest BCUT2D eigenvalue weighted by Crippen LogP contribution is 2.31. The Kier molecular flexibility index (Phi) is 2.73. The standard InChI is InChI=1S/C12H16N2O/c13-7-8-4-5-10-9(6-8)2-1-3-11(10)12(14)15/h4-6,11H,1-3,7,13H2,(H2,14,15). The Morgan fingerprint density at radius 3 is 2.93 bits per heavy atom. The fourth-order valence-corrected chi connectivity index (χ4v) is 2.29. The Labute approximate surface area is 89.5 Å². The maximum absolute atomic E-state index is 11.3. The molecule has 1 aromatic carbocycles. The van der Waals surface area contributed by atoms with Gasteiger partial charge in [-0.1, -0.05) is 18.2 Å². The van der Waals surface area contributed by atoms with Gasteiger partial charge in [0.25, 0.3) is 0 Å². The third-order valence-electron chi connectivity index (χ3n) is 3.10. The molecule has 80 valence electrons. The second-order valence-electron chi connectivity index (χ2n) is 4.08. The van der Waals surface area contributed by atoms with E-state index in [-0.39, 0.29) is 11.8 Å². The van der Waals surface area contributed by atoms with Gasteiger partial charge in [-0.15, -0.1) is 0 Å². The molecular weight excluding hydrogens is 188 g/mol. The summed E-state index contributed by atoms with van der Waals surface area (Å²) >= 11 is 0. The van der Waals surface area contributed by atoms with Crippen LogP contribution in [0.3, 0.4) is 0 Å². The zero-order valence-corrected chi connectivity index (χ0v) is 8.70. The molecule has 1 unspecified atom stereocenters. The van der Waals surface area contributed by atoms with Crippen molar-refractivity contribution in [1.82, 2.24) is 0 Å². The largest absolute Gasteiger partial charge is 0.369 e. The predicted molar refractivity (Wildman–Crippen MR) is 59.2 cm³/mol. The minimum absolute atomic E-state index is 0.0967. The van der Waals surface area contributed by atoms with Crippen LogP contribution in [-0.2, 0) is 17.8 Å². The normalized spacial score (nSPS) is 19.7. The van der Waals surface area contributed by atoms with Crippen molar-refractivity contribution in [3.05, 3.63) is 34.9 Å². The molecule has 4 N–H and O–H groups in total.